The number of nitrogens with zero attached hydrogens (tertiary/aromatic N) is 1. The number of cyclic esters (lactones) is 1. The number of hydrogen-bond acceptors (Lipinski definition) is 5. The predicted octanol–water partition coefficient (Wildman–Crippen LogP) is 3.74. The smallest absolute Gasteiger partial charge is 0.447 e. The molecule has 2 saturated heterocycles. The molecule has 0 bridgehead atoms. The zero-order valence-electron chi connectivity index (χ0n) is 17.7. The molecule has 0 aromatic carbocycles. The van der Waals surface area contributed by atoms with Crippen LogP contribution in [0, 0.1) is 17.8 Å². The van der Waals surface area contributed by atoms with E-state index in [9.17, 15) is 9.59 Å². The summed E-state index contributed by atoms with van der Waals surface area (Å²) >= 11 is 0. The first-order valence-electron chi connectivity index (χ1n) is 9.65. The molecule has 2 rings (SSSR count). The van der Waals surface area contributed by atoms with Crippen LogP contribution >= 0.6 is 0 Å². The van der Waals surface area contributed by atoms with Gasteiger partial charge < -0.3 is 14.0 Å². The first-order chi connectivity index (χ1) is 11.8. The van der Waals surface area contributed by atoms with Gasteiger partial charge in [0.15, 0.2) is 0 Å². The Hall–Kier alpha value is -1.08. The van der Waals surface area contributed by atoms with Crippen molar-refractivity contribution < 1.29 is 23.6 Å². The van der Waals surface area contributed by atoms with E-state index < -0.39 is 30.3 Å². The molecule has 0 saturated carbocycles. The van der Waals surface area contributed by atoms with E-state index in [-0.39, 0.29) is 36.2 Å². The minimum absolute atomic E-state index is 0.145. The second kappa shape index (κ2) is 7.15. The standard InChI is InChI=1S/C19H34BNO5/c1-11(2)14-10-24-17(23)21(14)16(22)13(5)15(12(3)4)20-25-18(6,7)19(8,9)26-20/h11-15H,10H2,1-9H3/t13-,14-,15-/m1/s1. The summed E-state index contributed by atoms with van der Waals surface area (Å²) in [5.41, 5.74) is -0.915. The van der Waals surface area contributed by atoms with E-state index in [1.807, 2.05) is 48.5 Å². The van der Waals surface area contributed by atoms with E-state index >= 15 is 0 Å². The SMILES string of the molecule is CC(C)[C@@H](B1OC(C)(C)C(C)(C)O1)[C@@H](C)C(=O)N1C(=O)OC[C@@H]1C(C)C. The van der Waals surface area contributed by atoms with Crippen molar-refractivity contribution in [2.45, 2.75) is 85.4 Å². The van der Waals surface area contributed by atoms with Crippen LogP contribution in [0.1, 0.15) is 62.3 Å². The Labute approximate surface area is 158 Å². The normalized spacial score (nSPS) is 27.2. The van der Waals surface area contributed by atoms with Crippen LogP contribution < -0.4 is 0 Å². The molecule has 0 aromatic rings. The van der Waals surface area contributed by atoms with Gasteiger partial charge in [0.05, 0.1) is 17.2 Å². The van der Waals surface area contributed by atoms with Crippen molar-refractivity contribution in [2.24, 2.45) is 17.8 Å². The van der Waals surface area contributed by atoms with E-state index in [0.29, 0.717) is 0 Å². The lowest BCUT2D eigenvalue weighted by Crippen LogP contribution is -2.47. The fraction of sp³-hybridized carbons (Fsp3) is 0.895. The quantitative estimate of drug-likeness (QED) is 0.693. The van der Waals surface area contributed by atoms with Gasteiger partial charge in [0.25, 0.3) is 0 Å². The summed E-state index contributed by atoms with van der Waals surface area (Å²) in [4.78, 5) is 26.7. The summed E-state index contributed by atoms with van der Waals surface area (Å²) in [6.45, 7) is 18.2. The Morgan fingerprint density at radius 3 is 2.00 bits per heavy atom. The van der Waals surface area contributed by atoms with Crippen LogP contribution in [0.25, 0.3) is 0 Å². The molecule has 2 amide bonds. The van der Waals surface area contributed by atoms with Crippen molar-refractivity contribution in [3.05, 3.63) is 0 Å². The van der Waals surface area contributed by atoms with Crippen LogP contribution in [-0.4, -0.2) is 47.9 Å². The topological polar surface area (TPSA) is 65.1 Å². The number of hydrogen-bond donors (Lipinski definition) is 0. The molecule has 0 unspecified atom stereocenters. The number of amides is 2. The van der Waals surface area contributed by atoms with Gasteiger partial charge in [0, 0.05) is 11.7 Å². The molecule has 7 heteroatoms. The van der Waals surface area contributed by atoms with Crippen molar-refractivity contribution in [1.29, 1.82) is 0 Å². The third-order valence-electron chi connectivity index (χ3n) is 6.24. The van der Waals surface area contributed by atoms with Gasteiger partial charge in [-0.25, -0.2) is 9.69 Å². The largest absolute Gasteiger partial charge is 0.462 e. The minimum Gasteiger partial charge on any atom is -0.447 e. The second-order valence-electron chi connectivity index (χ2n) is 9.33. The van der Waals surface area contributed by atoms with E-state index in [4.69, 9.17) is 14.0 Å². The highest BCUT2D eigenvalue weighted by molar-refractivity contribution is 6.48. The number of carbonyl (C=O) groups excluding carboxylic acids is 2. The van der Waals surface area contributed by atoms with E-state index in [1.165, 1.54) is 4.90 Å². The highest BCUT2D eigenvalue weighted by atomic mass is 16.7. The number of rotatable bonds is 5. The lowest BCUT2D eigenvalue weighted by Gasteiger charge is -2.32. The van der Waals surface area contributed by atoms with Crippen LogP contribution in [0.15, 0.2) is 0 Å². The predicted molar refractivity (Wildman–Crippen MR) is 101 cm³/mol. The Morgan fingerprint density at radius 2 is 1.58 bits per heavy atom. The van der Waals surface area contributed by atoms with E-state index in [1.54, 1.807) is 0 Å². The summed E-state index contributed by atoms with van der Waals surface area (Å²) in [5, 5.41) is 0. The van der Waals surface area contributed by atoms with Crippen LogP contribution in [0.2, 0.25) is 5.82 Å². The Morgan fingerprint density at radius 1 is 1.08 bits per heavy atom. The molecular formula is C19H34BNO5. The fourth-order valence-electron chi connectivity index (χ4n) is 3.74. The molecule has 3 atom stereocenters. The lowest BCUT2D eigenvalue weighted by atomic mass is 9.59. The Bertz CT molecular complexity index is 544. The molecule has 0 spiro atoms. The van der Waals surface area contributed by atoms with Crippen LogP contribution in [0.4, 0.5) is 4.79 Å². The number of imide groups is 1. The Balaban J connectivity index is 2.25. The van der Waals surface area contributed by atoms with Crippen molar-refractivity contribution in [3.8, 4) is 0 Å². The zero-order valence-corrected chi connectivity index (χ0v) is 17.7. The Kier molecular flexibility index (Phi) is 5.84. The molecule has 2 heterocycles. The first-order valence-corrected chi connectivity index (χ1v) is 9.65. The third kappa shape index (κ3) is 3.65. The van der Waals surface area contributed by atoms with Crippen molar-refractivity contribution in [1.82, 2.24) is 4.90 Å². The summed E-state index contributed by atoms with van der Waals surface area (Å²) in [5.74, 6) is -0.493. The van der Waals surface area contributed by atoms with Gasteiger partial charge in [-0.1, -0.05) is 34.6 Å². The molecule has 148 valence electrons. The summed E-state index contributed by atoms with van der Waals surface area (Å²) in [7, 11) is -0.491. The molecule has 26 heavy (non-hydrogen) atoms. The summed E-state index contributed by atoms with van der Waals surface area (Å²) in [6.07, 6.45) is -0.544. The maximum absolute atomic E-state index is 13.2. The molecule has 0 radical (unpaired) electrons. The molecule has 0 N–H and O–H groups in total. The van der Waals surface area contributed by atoms with Crippen LogP contribution in [-0.2, 0) is 18.8 Å². The van der Waals surface area contributed by atoms with Gasteiger partial charge in [-0.3, -0.25) is 4.79 Å². The van der Waals surface area contributed by atoms with Gasteiger partial charge in [0.2, 0.25) is 5.91 Å². The lowest BCUT2D eigenvalue weighted by molar-refractivity contribution is -0.134. The maximum Gasteiger partial charge on any atom is 0.462 e. The average molecular weight is 367 g/mol. The minimum atomic E-state index is -0.544. The van der Waals surface area contributed by atoms with E-state index in [2.05, 4.69) is 13.8 Å². The highest BCUT2D eigenvalue weighted by Crippen LogP contribution is 2.45. The highest BCUT2D eigenvalue weighted by Gasteiger charge is 2.56. The third-order valence-corrected chi connectivity index (χ3v) is 6.24. The molecule has 6 nitrogen and oxygen atoms in total. The molecule has 2 aliphatic heterocycles. The maximum atomic E-state index is 13.2. The van der Waals surface area contributed by atoms with Gasteiger partial charge in [-0.05, 0) is 39.5 Å². The van der Waals surface area contributed by atoms with Gasteiger partial charge in [0.1, 0.15) is 6.61 Å². The van der Waals surface area contributed by atoms with Crippen molar-refractivity contribution >= 4 is 19.1 Å². The van der Waals surface area contributed by atoms with Gasteiger partial charge in [-0.15, -0.1) is 0 Å². The van der Waals surface area contributed by atoms with Crippen LogP contribution in [0.3, 0.4) is 0 Å². The molecular weight excluding hydrogens is 333 g/mol. The molecule has 0 aromatic heterocycles. The van der Waals surface area contributed by atoms with Crippen LogP contribution in [0.5, 0.6) is 0 Å². The first kappa shape index (κ1) is 21.2. The molecule has 2 fully saturated rings. The van der Waals surface area contributed by atoms with Crippen molar-refractivity contribution in [3.63, 3.8) is 0 Å². The van der Waals surface area contributed by atoms with Gasteiger partial charge >= 0.3 is 13.2 Å². The molecule has 0 aliphatic carbocycles. The van der Waals surface area contributed by atoms with Gasteiger partial charge in [-0.2, -0.15) is 0 Å². The summed E-state index contributed by atoms with van der Waals surface area (Å²) in [6, 6.07) is -0.219. The zero-order chi connectivity index (χ0) is 20.0. The van der Waals surface area contributed by atoms with E-state index in [0.717, 1.165) is 0 Å². The summed E-state index contributed by atoms with van der Waals surface area (Å²) < 4.78 is 17.6. The monoisotopic (exact) mass is 367 g/mol. The van der Waals surface area contributed by atoms with Crippen molar-refractivity contribution in [2.75, 3.05) is 6.61 Å². The average Bonchev–Trinajstić information content (AvgIpc) is 2.95. The number of carbonyl (C=O) groups is 2. The second-order valence-corrected chi connectivity index (χ2v) is 9.33. The fourth-order valence-corrected chi connectivity index (χ4v) is 3.74. The molecule has 2 aliphatic rings. The number of ether oxygens (including phenoxy) is 1.